The Hall–Kier alpha value is -1.34. The van der Waals surface area contributed by atoms with Gasteiger partial charge < -0.3 is 10.6 Å². The summed E-state index contributed by atoms with van der Waals surface area (Å²) < 4.78 is 0. The first kappa shape index (κ1) is 27.9. The summed E-state index contributed by atoms with van der Waals surface area (Å²) in [6, 6.07) is 20.9. The van der Waals surface area contributed by atoms with Crippen molar-refractivity contribution < 1.29 is 0 Å². The fraction of sp³-hybridized carbons (Fsp3) is 0.556. The van der Waals surface area contributed by atoms with Crippen LogP contribution in [-0.4, -0.2) is 59.8 Å². The van der Waals surface area contributed by atoms with E-state index in [2.05, 4.69) is 94.9 Å². The first-order valence-corrected chi connectivity index (χ1v) is 13.5. The van der Waals surface area contributed by atoms with Crippen LogP contribution in [0.1, 0.15) is 46.0 Å². The van der Waals surface area contributed by atoms with Crippen LogP contribution < -0.4 is 10.6 Å². The maximum Gasteiger partial charge on any atom is 0.0499 e. The topological polar surface area (TPSA) is 30.5 Å². The third kappa shape index (κ3) is 12.6. The van der Waals surface area contributed by atoms with E-state index in [0.29, 0.717) is 10.7 Å². The molecule has 2 rings (SSSR count). The Morgan fingerprint density at radius 2 is 0.939 bits per heavy atom. The highest BCUT2D eigenvalue weighted by molar-refractivity contribution is 7.81. The van der Waals surface area contributed by atoms with Gasteiger partial charge in [0, 0.05) is 48.3 Å². The zero-order valence-corrected chi connectivity index (χ0v) is 22.3. The number of para-hydroxylation sites is 2. The molecule has 0 aliphatic carbocycles. The summed E-state index contributed by atoms with van der Waals surface area (Å²) in [6.45, 7) is 10.8. The molecule has 0 amide bonds. The van der Waals surface area contributed by atoms with Gasteiger partial charge in [0.25, 0.3) is 0 Å². The van der Waals surface area contributed by atoms with Gasteiger partial charge >= 0.3 is 0 Å². The van der Waals surface area contributed by atoms with E-state index in [1.807, 2.05) is 0 Å². The number of unbranched alkanes of at least 4 members (excludes halogenated alkanes) is 2. The fourth-order valence-electron chi connectivity index (χ4n) is 3.92. The maximum atomic E-state index is 4.70. The second kappa shape index (κ2) is 17.1. The van der Waals surface area contributed by atoms with Crippen molar-refractivity contribution in [3.63, 3.8) is 0 Å². The molecule has 4 nitrogen and oxygen atoms in total. The van der Waals surface area contributed by atoms with E-state index in [1.165, 1.54) is 30.6 Å². The molecule has 0 bridgehead atoms. The van der Waals surface area contributed by atoms with Crippen molar-refractivity contribution in [2.24, 2.45) is 0 Å². The summed E-state index contributed by atoms with van der Waals surface area (Å²) in [5, 5.41) is 7.60. The molecule has 2 aromatic rings. The van der Waals surface area contributed by atoms with Crippen LogP contribution in [0.2, 0.25) is 0 Å². The molecule has 2 atom stereocenters. The van der Waals surface area contributed by atoms with Gasteiger partial charge in [0.05, 0.1) is 0 Å². The van der Waals surface area contributed by atoms with Gasteiger partial charge in [0.2, 0.25) is 0 Å². The lowest BCUT2D eigenvalue weighted by Gasteiger charge is -2.27. The lowest BCUT2D eigenvalue weighted by atomic mass is 10.2. The zero-order chi connectivity index (χ0) is 23.7. The van der Waals surface area contributed by atoms with Crippen LogP contribution in [0.25, 0.3) is 0 Å². The van der Waals surface area contributed by atoms with Crippen molar-refractivity contribution in [2.75, 3.05) is 49.9 Å². The molecule has 184 valence electrons. The first-order valence-electron chi connectivity index (χ1n) is 12.5. The van der Waals surface area contributed by atoms with Crippen LogP contribution in [-0.2, 0) is 0 Å². The van der Waals surface area contributed by atoms with E-state index in [-0.39, 0.29) is 0 Å². The van der Waals surface area contributed by atoms with Crippen molar-refractivity contribution in [3.8, 4) is 0 Å². The molecule has 33 heavy (non-hydrogen) atoms. The van der Waals surface area contributed by atoms with Gasteiger partial charge in [-0.2, -0.15) is 25.3 Å². The number of anilines is 2. The summed E-state index contributed by atoms with van der Waals surface area (Å²) >= 11 is 9.41. The van der Waals surface area contributed by atoms with E-state index in [9.17, 15) is 0 Å². The Morgan fingerprint density at radius 3 is 1.30 bits per heavy atom. The highest BCUT2D eigenvalue weighted by Gasteiger charge is 2.11. The van der Waals surface area contributed by atoms with E-state index in [0.717, 1.165) is 52.1 Å². The van der Waals surface area contributed by atoms with Crippen LogP contribution in [0.15, 0.2) is 60.7 Å². The van der Waals surface area contributed by atoms with E-state index >= 15 is 0 Å². The fourth-order valence-corrected chi connectivity index (χ4v) is 4.38. The van der Waals surface area contributed by atoms with Gasteiger partial charge in [-0.1, -0.05) is 42.8 Å². The van der Waals surface area contributed by atoms with Crippen molar-refractivity contribution in [2.45, 2.75) is 56.7 Å². The normalized spacial score (nSPS) is 13.3. The van der Waals surface area contributed by atoms with Crippen molar-refractivity contribution in [1.29, 1.82) is 0 Å². The molecule has 2 aromatic carbocycles. The zero-order valence-electron chi connectivity index (χ0n) is 20.5. The Bertz CT molecular complexity index is 651. The number of thiol groups is 2. The predicted octanol–water partition coefficient (Wildman–Crippen LogP) is 6.32. The summed E-state index contributed by atoms with van der Waals surface area (Å²) in [6.07, 6.45) is 5.95. The molecule has 0 saturated carbocycles. The molecule has 0 aliphatic heterocycles. The van der Waals surface area contributed by atoms with Crippen LogP contribution in [0.4, 0.5) is 11.4 Å². The number of hydrogen-bond acceptors (Lipinski definition) is 6. The van der Waals surface area contributed by atoms with E-state index in [1.54, 1.807) is 0 Å². The average Bonchev–Trinajstić information content (AvgIpc) is 2.82. The van der Waals surface area contributed by atoms with Crippen molar-refractivity contribution >= 4 is 36.6 Å². The number of nitrogens with one attached hydrogen (secondary N) is 2. The molecule has 0 aromatic heterocycles. The lowest BCUT2D eigenvalue weighted by Crippen LogP contribution is -2.33. The summed E-state index contributed by atoms with van der Waals surface area (Å²) in [7, 11) is 0. The highest BCUT2D eigenvalue weighted by atomic mass is 32.1. The molecule has 0 radical (unpaired) electrons. The molecule has 0 spiro atoms. The van der Waals surface area contributed by atoms with Crippen LogP contribution in [0.3, 0.4) is 0 Å². The minimum atomic E-state index is 0.299. The maximum absolute atomic E-state index is 4.70. The standard InChI is InChI=1S/C27H44N4S2/c1-24(32)30(22-12-18-28-26-14-6-3-7-15-26)20-10-5-11-21-31(25(2)33)23-13-19-29-27-16-8-4-9-17-27/h3-4,6-9,14-17,24-25,28-29,32-33H,5,10-13,18-23H2,1-2H3. The number of hydrogen-bond donors (Lipinski definition) is 4. The van der Waals surface area contributed by atoms with Gasteiger partial charge in [0.15, 0.2) is 0 Å². The molecular weight excluding hydrogens is 444 g/mol. The molecule has 0 heterocycles. The monoisotopic (exact) mass is 488 g/mol. The van der Waals surface area contributed by atoms with Gasteiger partial charge in [-0.05, 0) is 76.9 Å². The van der Waals surface area contributed by atoms with Gasteiger partial charge in [-0.15, -0.1) is 0 Å². The Kier molecular flexibility index (Phi) is 14.5. The van der Waals surface area contributed by atoms with Gasteiger partial charge in [-0.3, -0.25) is 9.80 Å². The second-order valence-corrected chi connectivity index (χ2v) is 10.2. The minimum absolute atomic E-state index is 0.299. The van der Waals surface area contributed by atoms with Crippen LogP contribution in [0, 0.1) is 0 Å². The Labute approximate surface area is 213 Å². The molecule has 6 heteroatoms. The van der Waals surface area contributed by atoms with E-state index < -0.39 is 0 Å². The van der Waals surface area contributed by atoms with E-state index in [4.69, 9.17) is 25.3 Å². The molecule has 2 unspecified atom stereocenters. The summed E-state index contributed by atoms with van der Waals surface area (Å²) in [5.41, 5.74) is 2.39. The van der Waals surface area contributed by atoms with Crippen LogP contribution >= 0.6 is 25.3 Å². The highest BCUT2D eigenvalue weighted by Crippen LogP contribution is 2.12. The van der Waals surface area contributed by atoms with Gasteiger partial charge in [-0.25, -0.2) is 0 Å². The number of nitrogens with zero attached hydrogens (tertiary/aromatic N) is 2. The Balaban J connectivity index is 1.55. The molecular formula is C27H44N4S2. The van der Waals surface area contributed by atoms with Crippen molar-refractivity contribution in [3.05, 3.63) is 60.7 Å². The number of rotatable bonds is 18. The molecule has 2 N–H and O–H groups in total. The SMILES string of the molecule is CC(S)N(CCCCCN(CCCNc1ccccc1)C(C)S)CCCNc1ccccc1. The largest absolute Gasteiger partial charge is 0.385 e. The minimum Gasteiger partial charge on any atom is -0.385 e. The van der Waals surface area contributed by atoms with Crippen LogP contribution in [0.5, 0.6) is 0 Å². The average molecular weight is 489 g/mol. The summed E-state index contributed by atoms with van der Waals surface area (Å²) in [4.78, 5) is 4.98. The molecule has 0 aliphatic rings. The summed E-state index contributed by atoms with van der Waals surface area (Å²) in [5.74, 6) is 0. The number of benzene rings is 2. The smallest absolute Gasteiger partial charge is 0.0499 e. The van der Waals surface area contributed by atoms with Gasteiger partial charge in [0.1, 0.15) is 0 Å². The molecule has 0 fully saturated rings. The second-order valence-electron chi connectivity index (χ2n) is 8.69. The quantitative estimate of drug-likeness (QED) is 0.112. The first-order chi connectivity index (χ1) is 16.1. The third-order valence-corrected chi connectivity index (χ3v) is 6.55. The molecule has 0 saturated heterocycles. The van der Waals surface area contributed by atoms with Crippen molar-refractivity contribution in [1.82, 2.24) is 9.80 Å². The third-order valence-electron chi connectivity index (χ3n) is 5.90. The lowest BCUT2D eigenvalue weighted by molar-refractivity contribution is 0.243. The predicted molar refractivity (Wildman–Crippen MR) is 153 cm³/mol. The Morgan fingerprint density at radius 1 is 0.576 bits per heavy atom.